The number of fused-ring (bicyclic) bond motifs is 2. The topological polar surface area (TPSA) is 26.0 Å². The molecule has 0 radical (unpaired) electrons. The Balaban J connectivity index is 1.72. The molecule has 2 fully saturated rings. The molecule has 0 saturated heterocycles. The number of hydrogen-bond acceptors (Lipinski definition) is 1. The van der Waals surface area contributed by atoms with Gasteiger partial charge in [-0.1, -0.05) is 36.2 Å². The third kappa shape index (κ3) is 2.31. The van der Waals surface area contributed by atoms with Crippen LogP contribution in [0.1, 0.15) is 43.6 Å². The number of benzene rings is 1. The van der Waals surface area contributed by atoms with E-state index in [1.807, 2.05) is 12.1 Å². The molecule has 2 aliphatic rings. The zero-order valence-corrected chi connectivity index (χ0v) is 11.6. The first-order valence-electron chi connectivity index (χ1n) is 7.22. The quantitative estimate of drug-likeness (QED) is 0.865. The largest absolute Gasteiger partial charge is 0.330 e. The van der Waals surface area contributed by atoms with Crippen LogP contribution in [0.25, 0.3) is 0 Å². The number of rotatable bonds is 4. The van der Waals surface area contributed by atoms with Crippen LogP contribution in [0.5, 0.6) is 0 Å². The van der Waals surface area contributed by atoms with Crippen LogP contribution in [0.3, 0.4) is 0 Å². The summed E-state index contributed by atoms with van der Waals surface area (Å²) in [5, 5.41) is 0.885. The Bertz CT molecular complexity index is 417. The summed E-state index contributed by atoms with van der Waals surface area (Å²) in [5.74, 6) is 3.34. The Kier molecular flexibility index (Phi) is 3.63. The fourth-order valence-corrected chi connectivity index (χ4v) is 4.48. The standard InChI is InChI=1S/C16H22ClN/c17-16-4-2-1-3-15(16)14(10-18)9-13-8-11-5-6-12(13)7-11/h1-4,11-14H,5-10,18H2. The van der Waals surface area contributed by atoms with Gasteiger partial charge in [-0.25, -0.2) is 0 Å². The van der Waals surface area contributed by atoms with Crippen molar-refractivity contribution in [1.29, 1.82) is 0 Å². The van der Waals surface area contributed by atoms with Crippen molar-refractivity contribution in [3.63, 3.8) is 0 Å². The summed E-state index contributed by atoms with van der Waals surface area (Å²) in [7, 11) is 0. The van der Waals surface area contributed by atoms with Crippen molar-refractivity contribution < 1.29 is 0 Å². The Hall–Kier alpha value is -0.530. The van der Waals surface area contributed by atoms with Gasteiger partial charge in [0, 0.05) is 5.02 Å². The van der Waals surface area contributed by atoms with Crippen molar-refractivity contribution in [2.24, 2.45) is 23.5 Å². The van der Waals surface area contributed by atoms with Crippen LogP contribution in [-0.4, -0.2) is 6.54 Å². The summed E-state index contributed by atoms with van der Waals surface area (Å²) in [5.41, 5.74) is 7.25. The molecule has 0 amide bonds. The van der Waals surface area contributed by atoms with Gasteiger partial charge in [-0.05, 0) is 67.5 Å². The first kappa shape index (κ1) is 12.5. The van der Waals surface area contributed by atoms with Gasteiger partial charge in [0.05, 0.1) is 0 Å². The predicted octanol–water partition coefficient (Wildman–Crippen LogP) is 4.21. The van der Waals surface area contributed by atoms with Crippen molar-refractivity contribution in [2.75, 3.05) is 6.54 Å². The highest BCUT2D eigenvalue weighted by atomic mass is 35.5. The molecule has 4 unspecified atom stereocenters. The normalized spacial score (nSPS) is 31.8. The SMILES string of the molecule is NCC(CC1CC2CCC1C2)c1ccccc1Cl. The van der Waals surface area contributed by atoms with E-state index in [4.69, 9.17) is 17.3 Å². The molecule has 0 aromatic heterocycles. The first-order chi connectivity index (χ1) is 8.78. The fraction of sp³-hybridized carbons (Fsp3) is 0.625. The maximum absolute atomic E-state index is 6.31. The van der Waals surface area contributed by atoms with Crippen LogP contribution in [0, 0.1) is 17.8 Å². The second-order valence-electron chi connectivity index (χ2n) is 6.12. The zero-order chi connectivity index (χ0) is 12.5. The minimum atomic E-state index is 0.447. The highest BCUT2D eigenvalue weighted by Gasteiger charge is 2.40. The van der Waals surface area contributed by atoms with E-state index >= 15 is 0 Å². The molecular weight excluding hydrogens is 242 g/mol. The fourth-order valence-electron chi connectivity index (χ4n) is 4.19. The van der Waals surface area contributed by atoms with E-state index in [2.05, 4.69) is 12.1 Å². The van der Waals surface area contributed by atoms with Crippen LogP contribution in [-0.2, 0) is 0 Å². The van der Waals surface area contributed by atoms with Gasteiger partial charge in [-0.3, -0.25) is 0 Å². The lowest BCUT2D eigenvalue weighted by atomic mass is 9.80. The molecule has 2 aliphatic carbocycles. The van der Waals surface area contributed by atoms with Crippen LogP contribution in [0.2, 0.25) is 5.02 Å². The highest BCUT2D eigenvalue weighted by molar-refractivity contribution is 6.31. The molecule has 18 heavy (non-hydrogen) atoms. The molecule has 2 N–H and O–H groups in total. The summed E-state index contributed by atoms with van der Waals surface area (Å²) in [6.07, 6.45) is 7.08. The van der Waals surface area contributed by atoms with Crippen molar-refractivity contribution in [1.82, 2.24) is 0 Å². The van der Waals surface area contributed by atoms with Gasteiger partial charge in [0.15, 0.2) is 0 Å². The number of halogens is 1. The first-order valence-corrected chi connectivity index (χ1v) is 7.60. The van der Waals surface area contributed by atoms with Gasteiger partial charge in [-0.15, -0.1) is 0 Å². The maximum atomic E-state index is 6.31. The van der Waals surface area contributed by atoms with E-state index in [9.17, 15) is 0 Å². The van der Waals surface area contributed by atoms with E-state index in [1.165, 1.54) is 37.7 Å². The maximum Gasteiger partial charge on any atom is 0.0441 e. The molecule has 0 heterocycles. The summed E-state index contributed by atoms with van der Waals surface area (Å²) in [6, 6.07) is 8.20. The molecule has 1 aromatic rings. The lowest BCUT2D eigenvalue weighted by Gasteiger charge is -2.26. The minimum Gasteiger partial charge on any atom is -0.330 e. The molecular formula is C16H22ClN. The van der Waals surface area contributed by atoms with E-state index in [0.717, 1.165) is 29.3 Å². The van der Waals surface area contributed by atoms with Gasteiger partial charge in [0.2, 0.25) is 0 Å². The van der Waals surface area contributed by atoms with Gasteiger partial charge < -0.3 is 5.73 Å². The predicted molar refractivity (Wildman–Crippen MR) is 76.8 cm³/mol. The Morgan fingerprint density at radius 3 is 2.67 bits per heavy atom. The molecule has 2 heteroatoms. The Morgan fingerprint density at radius 2 is 2.06 bits per heavy atom. The molecule has 4 atom stereocenters. The molecule has 0 spiro atoms. The molecule has 3 rings (SSSR count). The van der Waals surface area contributed by atoms with Crippen molar-refractivity contribution in [2.45, 2.75) is 38.0 Å². The van der Waals surface area contributed by atoms with E-state index in [0.29, 0.717) is 5.92 Å². The van der Waals surface area contributed by atoms with Gasteiger partial charge >= 0.3 is 0 Å². The van der Waals surface area contributed by atoms with E-state index in [-0.39, 0.29) is 0 Å². The average molecular weight is 264 g/mol. The van der Waals surface area contributed by atoms with Crippen LogP contribution in [0.4, 0.5) is 0 Å². The Labute approximate surface area is 115 Å². The van der Waals surface area contributed by atoms with E-state index < -0.39 is 0 Å². The lowest BCUT2D eigenvalue weighted by molar-refractivity contribution is 0.296. The van der Waals surface area contributed by atoms with Crippen LogP contribution in [0.15, 0.2) is 24.3 Å². The van der Waals surface area contributed by atoms with Crippen LogP contribution < -0.4 is 5.73 Å². The molecule has 2 bridgehead atoms. The summed E-state index contributed by atoms with van der Waals surface area (Å²) in [4.78, 5) is 0. The zero-order valence-electron chi connectivity index (χ0n) is 10.8. The molecule has 2 saturated carbocycles. The van der Waals surface area contributed by atoms with Crippen molar-refractivity contribution in [3.05, 3.63) is 34.9 Å². The van der Waals surface area contributed by atoms with Gasteiger partial charge in [-0.2, -0.15) is 0 Å². The lowest BCUT2D eigenvalue weighted by Crippen LogP contribution is -2.20. The van der Waals surface area contributed by atoms with Crippen molar-refractivity contribution in [3.8, 4) is 0 Å². The highest BCUT2D eigenvalue weighted by Crippen LogP contribution is 2.51. The minimum absolute atomic E-state index is 0.447. The second kappa shape index (κ2) is 5.22. The monoisotopic (exact) mass is 263 g/mol. The average Bonchev–Trinajstić information content (AvgIpc) is 2.99. The third-order valence-electron chi connectivity index (χ3n) is 5.10. The van der Waals surface area contributed by atoms with Gasteiger partial charge in [0.25, 0.3) is 0 Å². The summed E-state index contributed by atoms with van der Waals surface area (Å²) < 4.78 is 0. The number of nitrogens with two attached hydrogens (primary N) is 1. The summed E-state index contributed by atoms with van der Waals surface area (Å²) in [6.45, 7) is 0.720. The third-order valence-corrected chi connectivity index (χ3v) is 5.45. The molecule has 98 valence electrons. The summed E-state index contributed by atoms with van der Waals surface area (Å²) >= 11 is 6.31. The van der Waals surface area contributed by atoms with Crippen molar-refractivity contribution >= 4 is 11.6 Å². The Morgan fingerprint density at radius 1 is 1.22 bits per heavy atom. The number of hydrogen-bond donors (Lipinski definition) is 1. The van der Waals surface area contributed by atoms with E-state index in [1.54, 1.807) is 0 Å². The molecule has 1 nitrogen and oxygen atoms in total. The van der Waals surface area contributed by atoms with Gasteiger partial charge in [0.1, 0.15) is 0 Å². The smallest absolute Gasteiger partial charge is 0.0441 e. The molecule has 1 aromatic carbocycles. The second-order valence-corrected chi connectivity index (χ2v) is 6.53. The molecule has 0 aliphatic heterocycles. The van der Waals surface area contributed by atoms with Crippen LogP contribution >= 0.6 is 11.6 Å².